The predicted octanol–water partition coefficient (Wildman–Crippen LogP) is 23.1. The zero-order chi connectivity index (χ0) is 62.5. The van der Waals surface area contributed by atoms with Crippen molar-refractivity contribution in [2.45, 2.75) is 119 Å². The van der Waals surface area contributed by atoms with Crippen LogP contribution in [-0.2, 0) is 20.1 Å². The minimum Gasteiger partial charge on any atom is -0.456 e. The molecule has 0 aliphatic carbocycles. The fourth-order valence-electron chi connectivity index (χ4n) is 13.3. The molecule has 0 unspecified atom stereocenters. The molecule has 10 heteroatoms. The summed E-state index contributed by atoms with van der Waals surface area (Å²) < 4.78 is 26.0. The van der Waals surface area contributed by atoms with E-state index in [1.165, 1.54) is 82.8 Å². The van der Waals surface area contributed by atoms with Gasteiger partial charge >= 0.3 is 0 Å². The molecule has 0 N–H and O–H groups in total. The first-order valence-electron chi connectivity index (χ1n) is 31.9. The molecule has 91 heavy (non-hydrogen) atoms. The number of hydrogen-bond donors (Lipinski definition) is 0. The van der Waals surface area contributed by atoms with Gasteiger partial charge in [-0.2, -0.15) is 0 Å². The van der Waals surface area contributed by atoms with Gasteiger partial charge in [-0.05, 0) is 88.6 Å². The second kappa shape index (κ2) is 25.9. The van der Waals surface area contributed by atoms with Gasteiger partial charge in [0.05, 0.1) is 17.1 Å². The molecule has 0 amide bonds. The number of rotatable bonds is 12. The van der Waals surface area contributed by atoms with E-state index >= 15 is 0 Å². The molecule has 6 heterocycles. The van der Waals surface area contributed by atoms with E-state index in [9.17, 15) is 0 Å². The van der Waals surface area contributed by atoms with Gasteiger partial charge in [-0.1, -0.05) is 229 Å². The third-order valence-corrected chi connectivity index (χ3v) is 17.5. The van der Waals surface area contributed by atoms with Crippen LogP contribution >= 0.6 is 0 Å². The monoisotopic (exact) mass is 1380 g/mol. The van der Waals surface area contributed by atoms with Crippen molar-refractivity contribution in [3.05, 3.63) is 253 Å². The molecule has 0 saturated carbocycles. The summed E-state index contributed by atoms with van der Waals surface area (Å²) in [5.41, 5.74) is 20.3. The number of aromatic nitrogens is 6. The van der Waals surface area contributed by atoms with E-state index in [0.717, 1.165) is 67.7 Å². The fraction of sp³-hybridized carbons (Fsp3) is 0.222. The van der Waals surface area contributed by atoms with E-state index in [0.29, 0.717) is 35.5 Å². The maximum Gasteiger partial charge on any atom is 0.144 e. The molecule has 0 atom stereocenters. The first-order valence-corrected chi connectivity index (χ1v) is 31.9. The SMILES string of the molecule is CC(C)c1cc2c(oc3ccccc32)c(C(C)C)c1-n1ccnc1-c1ccccc1.CC(C)c1cc2c(oc3ccccc32)c(C(C)C)c1-n1ccnc1-c1ccccc1.CC(C)c1cc2c(oc3ccccc32)c(C(C)C)c1-n1ccnc1-c1ccccc1.[Ir]. The minimum atomic E-state index is 0. The van der Waals surface area contributed by atoms with Crippen molar-refractivity contribution in [1.29, 1.82) is 0 Å². The Morgan fingerprint density at radius 2 is 0.527 bits per heavy atom. The first kappa shape index (κ1) is 61.9. The summed E-state index contributed by atoms with van der Waals surface area (Å²) in [7, 11) is 0. The Hall–Kier alpha value is -9.34. The van der Waals surface area contributed by atoms with Gasteiger partial charge in [0, 0.05) is 123 Å². The summed E-state index contributed by atoms with van der Waals surface area (Å²) in [4.78, 5) is 14.2. The Labute approximate surface area is 546 Å². The standard InChI is InChI=1S/3C27H26N2O.Ir/c3*1-17(2)21-16-22-20-12-8-9-13-23(20)30-26(22)24(18(3)4)25(21)29-15-14-28-27(29)19-10-6-5-7-11-19;/h3*5-18H,1-4H3;. The predicted molar refractivity (Wildman–Crippen MR) is 373 cm³/mol. The largest absolute Gasteiger partial charge is 0.456 e. The van der Waals surface area contributed by atoms with Gasteiger partial charge in [0.15, 0.2) is 0 Å². The van der Waals surface area contributed by atoms with Gasteiger partial charge < -0.3 is 13.3 Å². The van der Waals surface area contributed by atoms with Gasteiger partial charge in [-0.25, -0.2) is 15.0 Å². The Morgan fingerprint density at radius 1 is 0.286 bits per heavy atom. The number of fused-ring (bicyclic) bond motifs is 9. The molecule has 0 spiro atoms. The normalized spacial score (nSPS) is 11.8. The number of para-hydroxylation sites is 3. The van der Waals surface area contributed by atoms with Crippen LogP contribution in [0.15, 0.2) is 232 Å². The molecule has 0 saturated heterocycles. The summed E-state index contributed by atoms with van der Waals surface area (Å²) in [5, 5.41) is 7.12. The van der Waals surface area contributed by atoms with Crippen molar-refractivity contribution < 1.29 is 33.4 Å². The van der Waals surface area contributed by atoms with E-state index in [2.05, 4.69) is 261 Å². The van der Waals surface area contributed by atoms with Gasteiger partial charge in [-0.3, -0.25) is 13.7 Å². The quantitative estimate of drug-likeness (QED) is 0.121. The van der Waals surface area contributed by atoms with Crippen LogP contribution in [0.2, 0.25) is 0 Å². The number of hydrogen-bond acceptors (Lipinski definition) is 6. The van der Waals surface area contributed by atoms with Crippen LogP contribution in [0.3, 0.4) is 0 Å². The molecule has 0 aliphatic heterocycles. The van der Waals surface area contributed by atoms with Crippen molar-refractivity contribution in [2.24, 2.45) is 0 Å². The molecule has 0 fully saturated rings. The summed E-state index contributed by atoms with van der Waals surface area (Å²) in [5.74, 6) is 4.85. The molecule has 15 aromatic rings. The summed E-state index contributed by atoms with van der Waals surface area (Å²) in [6, 6.07) is 63.1. The molecule has 0 bridgehead atoms. The maximum atomic E-state index is 6.43. The second-order valence-electron chi connectivity index (χ2n) is 25.5. The molecule has 459 valence electrons. The third kappa shape index (κ3) is 11.4. The van der Waals surface area contributed by atoms with E-state index in [4.69, 9.17) is 28.2 Å². The minimum absolute atomic E-state index is 0. The van der Waals surface area contributed by atoms with Crippen LogP contribution < -0.4 is 0 Å². The van der Waals surface area contributed by atoms with Crippen molar-refractivity contribution in [2.75, 3.05) is 0 Å². The number of imidazole rings is 3. The number of nitrogens with zero attached hydrogens (tertiary/aromatic N) is 6. The van der Waals surface area contributed by atoms with Crippen molar-refractivity contribution in [1.82, 2.24) is 28.7 Å². The topological polar surface area (TPSA) is 92.9 Å². The summed E-state index contributed by atoms with van der Waals surface area (Å²) in [6.07, 6.45) is 11.9. The molecule has 15 rings (SSSR count). The van der Waals surface area contributed by atoms with E-state index in [1.807, 2.05) is 55.0 Å². The van der Waals surface area contributed by atoms with Crippen LogP contribution in [-0.4, -0.2) is 28.7 Å². The van der Waals surface area contributed by atoms with Gasteiger partial charge in [0.2, 0.25) is 0 Å². The zero-order valence-electron chi connectivity index (χ0n) is 54.0. The Kier molecular flexibility index (Phi) is 17.6. The van der Waals surface area contributed by atoms with E-state index < -0.39 is 0 Å². The second-order valence-corrected chi connectivity index (χ2v) is 25.5. The fourth-order valence-corrected chi connectivity index (χ4v) is 13.3. The number of benzene rings is 9. The summed E-state index contributed by atoms with van der Waals surface area (Å²) >= 11 is 0. The molecule has 6 aromatic heterocycles. The molecule has 9 nitrogen and oxygen atoms in total. The van der Waals surface area contributed by atoms with Crippen LogP contribution in [0.1, 0.15) is 152 Å². The van der Waals surface area contributed by atoms with Crippen LogP contribution in [0, 0.1) is 0 Å². The van der Waals surface area contributed by atoms with Gasteiger partial charge in [0.1, 0.15) is 51.0 Å². The van der Waals surface area contributed by atoms with E-state index in [-0.39, 0.29) is 20.1 Å². The Bertz CT molecular complexity index is 4530. The number of furan rings is 3. The third-order valence-electron chi connectivity index (χ3n) is 17.5. The Morgan fingerprint density at radius 3 is 0.769 bits per heavy atom. The molecular weight excluding hydrogens is 1300 g/mol. The van der Waals surface area contributed by atoms with Gasteiger partial charge in [0.25, 0.3) is 0 Å². The zero-order valence-corrected chi connectivity index (χ0v) is 56.4. The van der Waals surface area contributed by atoms with Crippen molar-refractivity contribution >= 4 is 65.8 Å². The average molecular weight is 1380 g/mol. The Balaban J connectivity index is 0.000000131. The van der Waals surface area contributed by atoms with E-state index in [1.54, 1.807) is 0 Å². The molecule has 1 radical (unpaired) electrons. The summed E-state index contributed by atoms with van der Waals surface area (Å²) in [6.45, 7) is 27.0. The average Bonchev–Trinajstić information content (AvgIpc) is 1.66. The molecular formula is C81H78IrN6O3. The van der Waals surface area contributed by atoms with Crippen LogP contribution in [0.5, 0.6) is 0 Å². The van der Waals surface area contributed by atoms with Crippen LogP contribution in [0.25, 0.3) is 117 Å². The van der Waals surface area contributed by atoms with Crippen LogP contribution in [0.4, 0.5) is 0 Å². The van der Waals surface area contributed by atoms with Crippen molar-refractivity contribution in [3.63, 3.8) is 0 Å². The molecule has 0 aliphatic rings. The van der Waals surface area contributed by atoms with Crippen molar-refractivity contribution in [3.8, 4) is 51.2 Å². The maximum absolute atomic E-state index is 6.43. The van der Waals surface area contributed by atoms with Gasteiger partial charge in [-0.15, -0.1) is 0 Å². The smallest absolute Gasteiger partial charge is 0.144 e. The first-order chi connectivity index (χ1) is 43.7. The molecule has 9 aromatic carbocycles.